The number of carbonyl (C=O) groups excluding carboxylic acids is 1. The molecule has 1 amide bonds. The number of nitrogens with one attached hydrogen (secondary N) is 3. The maximum atomic E-state index is 12.1. The molecule has 0 bridgehead atoms. The van der Waals surface area contributed by atoms with E-state index >= 15 is 0 Å². The molecule has 5 heterocycles. The number of aromatic nitrogens is 7. The van der Waals surface area contributed by atoms with Gasteiger partial charge in [-0.15, -0.1) is 0 Å². The van der Waals surface area contributed by atoms with Crippen molar-refractivity contribution in [1.29, 1.82) is 0 Å². The number of rotatable bonds is 6. The lowest BCUT2D eigenvalue weighted by molar-refractivity contribution is -0.116. The van der Waals surface area contributed by atoms with E-state index in [2.05, 4.69) is 47.4 Å². The van der Waals surface area contributed by atoms with Crippen LogP contribution in [0.4, 0.5) is 5.69 Å². The first kappa shape index (κ1) is 18.9. The molecule has 0 fully saturated rings. The maximum Gasteiger partial charge on any atom is 0.224 e. The number of H-pyrrole nitrogens is 2. The van der Waals surface area contributed by atoms with Crippen molar-refractivity contribution in [2.75, 3.05) is 5.32 Å². The van der Waals surface area contributed by atoms with Gasteiger partial charge in [-0.1, -0.05) is 13.3 Å². The van der Waals surface area contributed by atoms with Gasteiger partial charge < -0.3 is 10.3 Å². The number of nitrogens with zero attached hydrogens (tertiary/aromatic N) is 5. The molecule has 5 aromatic rings. The van der Waals surface area contributed by atoms with E-state index in [-0.39, 0.29) is 5.91 Å². The Balaban J connectivity index is 1.49. The number of hydrogen-bond acceptors (Lipinski definition) is 6. The van der Waals surface area contributed by atoms with Crippen LogP contribution in [0.1, 0.15) is 26.2 Å². The molecule has 0 aliphatic carbocycles. The molecule has 0 aromatic carbocycles. The van der Waals surface area contributed by atoms with Crippen molar-refractivity contribution in [3.63, 3.8) is 0 Å². The molecule has 154 valence electrons. The second kappa shape index (κ2) is 7.94. The summed E-state index contributed by atoms with van der Waals surface area (Å²) < 4.78 is 0. The molecule has 0 unspecified atom stereocenters. The Bertz CT molecular complexity index is 1350. The Labute approximate surface area is 177 Å². The summed E-state index contributed by atoms with van der Waals surface area (Å²) in [5.74, 6) is 0.641. The van der Waals surface area contributed by atoms with E-state index in [0.717, 1.165) is 46.0 Å². The molecule has 5 rings (SSSR count). The SMILES string of the molecule is CCCCC(=O)Nc1cncc(-c2cc3c(-c4nc5ccncc5[nH]4)n[nH]c3cn2)c1. The van der Waals surface area contributed by atoms with Gasteiger partial charge in [0.2, 0.25) is 5.91 Å². The molecule has 5 aromatic heterocycles. The van der Waals surface area contributed by atoms with Gasteiger partial charge in [-0.2, -0.15) is 5.10 Å². The largest absolute Gasteiger partial charge is 0.335 e. The fourth-order valence-electron chi connectivity index (χ4n) is 3.43. The second-order valence-corrected chi connectivity index (χ2v) is 7.28. The summed E-state index contributed by atoms with van der Waals surface area (Å²) in [6.45, 7) is 2.06. The number of fused-ring (bicyclic) bond motifs is 2. The summed E-state index contributed by atoms with van der Waals surface area (Å²) in [6.07, 6.45) is 10.9. The summed E-state index contributed by atoms with van der Waals surface area (Å²) in [5.41, 5.74) is 5.35. The topological polar surface area (TPSA) is 125 Å². The van der Waals surface area contributed by atoms with Crippen molar-refractivity contribution in [3.8, 4) is 22.8 Å². The highest BCUT2D eigenvalue weighted by molar-refractivity contribution is 5.95. The molecule has 0 saturated carbocycles. The van der Waals surface area contributed by atoms with Gasteiger partial charge in [0.1, 0.15) is 5.69 Å². The van der Waals surface area contributed by atoms with Crippen LogP contribution in [0.2, 0.25) is 0 Å². The molecule has 9 heteroatoms. The number of imidazole rings is 1. The van der Waals surface area contributed by atoms with E-state index in [9.17, 15) is 4.79 Å². The van der Waals surface area contributed by atoms with Gasteiger partial charge in [0.25, 0.3) is 0 Å². The van der Waals surface area contributed by atoms with Gasteiger partial charge in [0.05, 0.1) is 46.5 Å². The van der Waals surface area contributed by atoms with Crippen LogP contribution < -0.4 is 5.32 Å². The van der Waals surface area contributed by atoms with Crippen LogP contribution in [0.5, 0.6) is 0 Å². The number of pyridine rings is 3. The molecule has 31 heavy (non-hydrogen) atoms. The highest BCUT2D eigenvalue weighted by atomic mass is 16.1. The van der Waals surface area contributed by atoms with Crippen LogP contribution in [-0.4, -0.2) is 41.0 Å². The average Bonchev–Trinajstić information content (AvgIpc) is 3.41. The molecule has 9 nitrogen and oxygen atoms in total. The minimum Gasteiger partial charge on any atom is -0.335 e. The summed E-state index contributed by atoms with van der Waals surface area (Å²) in [4.78, 5) is 32.9. The molecule has 3 N–H and O–H groups in total. The van der Waals surface area contributed by atoms with Crippen LogP contribution in [0.3, 0.4) is 0 Å². The molecular weight excluding hydrogens is 392 g/mol. The van der Waals surface area contributed by atoms with Gasteiger partial charge >= 0.3 is 0 Å². The first-order valence-electron chi connectivity index (χ1n) is 10.1. The molecular formula is C22H20N8O. The summed E-state index contributed by atoms with van der Waals surface area (Å²) in [5, 5.41) is 11.2. The van der Waals surface area contributed by atoms with Crippen molar-refractivity contribution in [2.45, 2.75) is 26.2 Å². The monoisotopic (exact) mass is 412 g/mol. The Morgan fingerprint density at radius 2 is 2.03 bits per heavy atom. The van der Waals surface area contributed by atoms with E-state index in [1.165, 1.54) is 0 Å². The van der Waals surface area contributed by atoms with E-state index in [1.807, 2.05) is 18.2 Å². The lowest BCUT2D eigenvalue weighted by Crippen LogP contribution is -2.11. The standard InChI is InChI=1S/C22H20N8O/c1-2-3-4-20(31)26-14-7-13(9-24-10-14)17-8-15-18(12-25-17)29-30-21(15)22-27-16-5-6-23-11-19(16)28-22/h5-12H,2-4H2,1H3,(H,26,31)(H,27,28)(H,29,30). The molecule has 0 aliphatic rings. The zero-order chi connectivity index (χ0) is 21.2. The molecule has 0 aliphatic heterocycles. The first-order chi connectivity index (χ1) is 15.2. The van der Waals surface area contributed by atoms with Crippen LogP contribution >= 0.6 is 0 Å². The lowest BCUT2D eigenvalue weighted by Gasteiger charge is -2.07. The zero-order valence-corrected chi connectivity index (χ0v) is 16.9. The lowest BCUT2D eigenvalue weighted by atomic mass is 10.1. The predicted octanol–water partition coefficient (Wildman–Crippen LogP) is 4.09. The van der Waals surface area contributed by atoms with Crippen LogP contribution in [0, 0.1) is 0 Å². The minimum absolute atomic E-state index is 0.0132. The molecule has 0 saturated heterocycles. The smallest absolute Gasteiger partial charge is 0.224 e. The number of aromatic amines is 2. The van der Waals surface area contributed by atoms with E-state index < -0.39 is 0 Å². The number of amides is 1. The minimum atomic E-state index is -0.0132. The Kier molecular flexibility index (Phi) is 4.83. The third kappa shape index (κ3) is 3.73. The van der Waals surface area contributed by atoms with Gasteiger partial charge in [-0.05, 0) is 24.6 Å². The second-order valence-electron chi connectivity index (χ2n) is 7.28. The third-order valence-corrected chi connectivity index (χ3v) is 5.03. The van der Waals surface area contributed by atoms with Crippen molar-refractivity contribution in [2.24, 2.45) is 0 Å². The summed E-state index contributed by atoms with van der Waals surface area (Å²) in [6, 6.07) is 5.67. The maximum absolute atomic E-state index is 12.1. The number of hydrogen-bond donors (Lipinski definition) is 3. The third-order valence-electron chi connectivity index (χ3n) is 5.03. The number of anilines is 1. The van der Waals surface area contributed by atoms with E-state index in [4.69, 9.17) is 0 Å². The summed E-state index contributed by atoms with van der Waals surface area (Å²) >= 11 is 0. The van der Waals surface area contributed by atoms with Crippen LogP contribution in [0.15, 0.2) is 49.2 Å². The van der Waals surface area contributed by atoms with Crippen LogP contribution in [0.25, 0.3) is 44.7 Å². The molecule has 0 atom stereocenters. The molecule has 0 spiro atoms. The van der Waals surface area contributed by atoms with Gasteiger partial charge in [0, 0.05) is 29.8 Å². The van der Waals surface area contributed by atoms with Crippen LogP contribution in [-0.2, 0) is 4.79 Å². The predicted molar refractivity (Wildman–Crippen MR) is 118 cm³/mol. The summed E-state index contributed by atoms with van der Waals surface area (Å²) in [7, 11) is 0. The van der Waals surface area contributed by atoms with E-state index in [1.54, 1.807) is 31.0 Å². The number of carbonyl (C=O) groups is 1. The first-order valence-corrected chi connectivity index (χ1v) is 10.1. The van der Waals surface area contributed by atoms with E-state index in [0.29, 0.717) is 23.6 Å². The van der Waals surface area contributed by atoms with Gasteiger partial charge in [-0.25, -0.2) is 4.98 Å². The van der Waals surface area contributed by atoms with Crippen molar-refractivity contribution >= 4 is 33.5 Å². The van der Waals surface area contributed by atoms with Crippen molar-refractivity contribution < 1.29 is 4.79 Å². The quantitative estimate of drug-likeness (QED) is 0.386. The normalized spacial score (nSPS) is 11.3. The fourth-order valence-corrected chi connectivity index (χ4v) is 3.43. The van der Waals surface area contributed by atoms with Crippen molar-refractivity contribution in [1.82, 2.24) is 35.1 Å². The molecule has 0 radical (unpaired) electrons. The Hall–Kier alpha value is -4.14. The zero-order valence-electron chi connectivity index (χ0n) is 16.9. The average molecular weight is 412 g/mol. The Morgan fingerprint density at radius 3 is 2.90 bits per heavy atom. The highest BCUT2D eigenvalue weighted by Gasteiger charge is 2.14. The highest BCUT2D eigenvalue weighted by Crippen LogP contribution is 2.29. The van der Waals surface area contributed by atoms with Gasteiger partial charge in [0.15, 0.2) is 5.82 Å². The van der Waals surface area contributed by atoms with Gasteiger partial charge in [-0.3, -0.25) is 24.8 Å². The number of unbranched alkanes of at least 4 members (excludes halogenated alkanes) is 1. The van der Waals surface area contributed by atoms with Crippen molar-refractivity contribution in [3.05, 3.63) is 49.2 Å². The fraction of sp³-hybridized carbons (Fsp3) is 0.182. The Morgan fingerprint density at radius 1 is 1.10 bits per heavy atom.